The number of benzene rings is 1. The van der Waals surface area contributed by atoms with Crippen LogP contribution in [0.5, 0.6) is 5.75 Å². The highest BCUT2D eigenvalue weighted by Gasteiger charge is 2.15. The lowest BCUT2D eigenvalue weighted by Gasteiger charge is -2.15. The van der Waals surface area contributed by atoms with Crippen LogP contribution in [0, 0.1) is 28.1 Å². The SMILES string of the molecule is CC(C)(C#N)CNCc1ccc(OCC#N)cc1. The van der Waals surface area contributed by atoms with Crippen molar-refractivity contribution in [1.29, 1.82) is 10.5 Å². The molecule has 0 heterocycles. The van der Waals surface area contributed by atoms with Crippen molar-refractivity contribution in [3.8, 4) is 17.9 Å². The summed E-state index contributed by atoms with van der Waals surface area (Å²) in [4.78, 5) is 0. The summed E-state index contributed by atoms with van der Waals surface area (Å²) < 4.78 is 5.16. The molecule has 0 aromatic heterocycles. The van der Waals surface area contributed by atoms with Crippen LogP contribution in [0.2, 0.25) is 0 Å². The van der Waals surface area contributed by atoms with Crippen molar-refractivity contribution in [2.75, 3.05) is 13.2 Å². The fourth-order valence-electron chi connectivity index (χ4n) is 1.38. The minimum atomic E-state index is -0.351. The average Bonchev–Trinajstić information content (AvgIpc) is 2.38. The topological polar surface area (TPSA) is 68.8 Å². The lowest BCUT2D eigenvalue weighted by Crippen LogP contribution is -2.27. The molecule has 0 saturated carbocycles. The Hall–Kier alpha value is -2.04. The maximum atomic E-state index is 8.88. The third-order valence-corrected chi connectivity index (χ3v) is 2.43. The number of ether oxygens (including phenoxy) is 1. The molecule has 0 aliphatic heterocycles. The number of nitrogens with one attached hydrogen (secondary N) is 1. The van der Waals surface area contributed by atoms with E-state index in [0.29, 0.717) is 18.8 Å². The zero-order valence-electron chi connectivity index (χ0n) is 10.7. The molecule has 1 aromatic rings. The predicted octanol–water partition coefficient (Wildman–Crippen LogP) is 2.23. The molecule has 0 aliphatic rings. The van der Waals surface area contributed by atoms with Gasteiger partial charge in [-0.2, -0.15) is 10.5 Å². The Morgan fingerprint density at radius 2 is 1.89 bits per heavy atom. The molecule has 0 unspecified atom stereocenters. The molecule has 0 fully saturated rings. The standard InChI is InChI=1S/C14H17N3O/c1-14(2,10-16)11-17-9-12-3-5-13(6-4-12)18-8-7-15/h3-6,17H,8-9,11H2,1-2H3. The van der Waals surface area contributed by atoms with Crippen LogP contribution in [-0.2, 0) is 6.54 Å². The first-order valence-electron chi connectivity index (χ1n) is 5.78. The maximum absolute atomic E-state index is 8.88. The zero-order chi connectivity index (χ0) is 13.4. The van der Waals surface area contributed by atoms with Crippen LogP contribution < -0.4 is 10.1 Å². The Labute approximate surface area is 108 Å². The largest absolute Gasteiger partial charge is 0.479 e. The Kier molecular flexibility index (Phi) is 5.17. The van der Waals surface area contributed by atoms with Crippen molar-refractivity contribution in [2.45, 2.75) is 20.4 Å². The van der Waals surface area contributed by atoms with Gasteiger partial charge < -0.3 is 10.1 Å². The maximum Gasteiger partial charge on any atom is 0.174 e. The lowest BCUT2D eigenvalue weighted by atomic mass is 9.96. The van der Waals surface area contributed by atoms with Gasteiger partial charge >= 0.3 is 0 Å². The van der Waals surface area contributed by atoms with Crippen molar-refractivity contribution < 1.29 is 4.74 Å². The van der Waals surface area contributed by atoms with Crippen molar-refractivity contribution in [2.24, 2.45) is 5.41 Å². The molecule has 0 atom stereocenters. The molecule has 0 spiro atoms. The van der Waals surface area contributed by atoms with E-state index in [2.05, 4.69) is 11.4 Å². The fourth-order valence-corrected chi connectivity index (χ4v) is 1.38. The van der Waals surface area contributed by atoms with E-state index in [9.17, 15) is 0 Å². The van der Waals surface area contributed by atoms with E-state index in [1.54, 1.807) is 0 Å². The molecule has 0 amide bonds. The van der Waals surface area contributed by atoms with Gasteiger partial charge in [-0.15, -0.1) is 0 Å². The van der Waals surface area contributed by atoms with Gasteiger partial charge in [0.25, 0.3) is 0 Å². The molecule has 0 radical (unpaired) electrons. The molecule has 18 heavy (non-hydrogen) atoms. The fraction of sp³-hybridized carbons (Fsp3) is 0.429. The van der Waals surface area contributed by atoms with Gasteiger partial charge in [0.2, 0.25) is 0 Å². The van der Waals surface area contributed by atoms with Crippen LogP contribution in [0.1, 0.15) is 19.4 Å². The molecule has 94 valence electrons. The third kappa shape index (κ3) is 4.86. The number of hydrogen-bond acceptors (Lipinski definition) is 4. The monoisotopic (exact) mass is 243 g/mol. The molecule has 0 bridgehead atoms. The molecule has 4 nitrogen and oxygen atoms in total. The lowest BCUT2D eigenvalue weighted by molar-refractivity contribution is 0.368. The predicted molar refractivity (Wildman–Crippen MR) is 68.7 cm³/mol. The first-order valence-corrected chi connectivity index (χ1v) is 5.78. The van der Waals surface area contributed by atoms with E-state index < -0.39 is 0 Å². The summed E-state index contributed by atoms with van der Waals surface area (Å²) in [6.07, 6.45) is 0. The molecule has 1 rings (SSSR count). The van der Waals surface area contributed by atoms with Gasteiger partial charge in [0, 0.05) is 13.1 Å². The van der Waals surface area contributed by atoms with Crippen molar-refractivity contribution in [3.05, 3.63) is 29.8 Å². The summed E-state index contributed by atoms with van der Waals surface area (Å²) in [5, 5.41) is 20.5. The van der Waals surface area contributed by atoms with Crippen molar-refractivity contribution in [1.82, 2.24) is 5.32 Å². The summed E-state index contributed by atoms with van der Waals surface area (Å²) in [6, 6.07) is 11.7. The van der Waals surface area contributed by atoms with Gasteiger partial charge in [0.05, 0.1) is 11.5 Å². The van der Waals surface area contributed by atoms with Gasteiger partial charge in [-0.3, -0.25) is 0 Å². The molecular weight excluding hydrogens is 226 g/mol. The van der Waals surface area contributed by atoms with Crippen LogP contribution >= 0.6 is 0 Å². The van der Waals surface area contributed by atoms with E-state index >= 15 is 0 Å². The number of nitrogens with zero attached hydrogens (tertiary/aromatic N) is 2. The average molecular weight is 243 g/mol. The van der Waals surface area contributed by atoms with E-state index in [1.807, 2.05) is 44.2 Å². The van der Waals surface area contributed by atoms with Gasteiger partial charge in [-0.25, -0.2) is 0 Å². The summed E-state index contributed by atoms with van der Waals surface area (Å²) in [5.41, 5.74) is 0.767. The second-order valence-electron chi connectivity index (χ2n) is 4.69. The van der Waals surface area contributed by atoms with Crippen LogP contribution in [-0.4, -0.2) is 13.2 Å². The minimum absolute atomic E-state index is 0.0634. The van der Waals surface area contributed by atoms with Crippen molar-refractivity contribution in [3.63, 3.8) is 0 Å². The number of hydrogen-bond donors (Lipinski definition) is 1. The molecule has 0 saturated heterocycles. The van der Waals surface area contributed by atoms with E-state index in [1.165, 1.54) is 0 Å². The molecule has 4 heteroatoms. The Bertz CT molecular complexity index is 451. The Morgan fingerprint density at radius 1 is 1.22 bits per heavy atom. The van der Waals surface area contributed by atoms with E-state index in [0.717, 1.165) is 5.56 Å². The first kappa shape index (κ1) is 14.0. The van der Waals surface area contributed by atoms with Gasteiger partial charge in [-0.1, -0.05) is 12.1 Å². The molecule has 1 N–H and O–H groups in total. The summed E-state index contributed by atoms with van der Waals surface area (Å²) in [7, 11) is 0. The number of nitriles is 2. The normalized spacial score (nSPS) is 10.4. The van der Waals surface area contributed by atoms with E-state index in [-0.39, 0.29) is 12.0 Å². The molecular formula is C14H17N3O. The smallest absolute Gasteiger partial charge is 0.174 e. The quantitative estimate of drug-likeness (QED) is 0.831. The molecule has 1 aromatic carbocycles. The first-order chi connectivity index (χ1) is 8.57. The summed E-state index contributed by atoms with van der Waals surface area (Å²) in [6.45, 7) is 5.23. The Balaban J connectivity index is 2.41. The summed E-state index contributed by atoms with van der Waals surface area (Å²) in [5.74, 6) is 0.692. The highest BCUT2D eigenvalue weighted by Crippen LogP contribution is 2.13. The van der Waals surface area contributed by atoms with Gasteiger partial charge in [-0.05, 0) is 31.5 Å². The zero-order valence-corrected chi connectivity index (χ0v) is 10.7. The number of rotatable bonds is 6. The third-order valence-electron chi connectivity index (χ3n) is 2.43. The minimum Gasteiger partial charge on any atom is -0.479 e. The van der Waals surface area contributed by atoms with E-state index in [4.69, 9.17) is 15.3 Å². The second kappa shape index (κ2) is 6.64. The Morgan fingerprint density at radius 3 is 2.44 bits per heavy atom. The highest BCUT2D eigenvalue weighted by atomic mass is 16.5. The molecule has 0 aliphatic carbocycles. The second-order valence-corrected chi connectivity index (χ2v) is 4.69. The van der Waals surface area contributed by atoms with Crippen LogP contribution in [0.15, 0.2) is 24.3 Å². The van der Waals surface area contributed by atoms with Crippen molar-refractivity contribution >= 4 is 0 Å². The van der Waals surface area contributed by atoms with Crippen LogP contribution in [0.4, 0.5) is 0 Å². The highest BCUT2D eigenvalue weighted by molar-refractivity contribution is 5.27. The van der Waals surface area contributed by atoms with Gasteiger partial charge in [0.15, 0.2) is 6.61 Å². The van der Waals surface area contributed by atoms with Gasteiger partial charge in [0.1, 0.15) is 11.8 Å². The summed E-state index contributed by atoms with van der Waals surface area (Å²) >= 11 is 0. The van der Waals surface area contributed by atoms with Crippen LogP contribution in [0.3, 0.4) is 0 Å². The van der Waals surface area contributed by atoms with Crippen LogP contribution in [0.25, 0.3) is 0 Å².